The van der Waals surface area contributed by atoms with Gasteiger partial charge >= 0.3 is 5.97 Å². The number of carboxylic acids is 1. The molecule has 1 aromatic carbocycles. The number of amides is 1. The van der Waals surface area contributed by atoms with Crippen LogP contribution < -0.4 is 5.32 Å². The highest BCUT2D eigenvalue weighted by Crippen LogP contribution is 2.37. The van der Waals surface area contributed by atoms with Crippen molar-refractivity contribution in [2.75, 3.05) is 5.32 Å². The normalized spacial score (nSPS) is 18.1. The summed E-state index contributed by atoms with van der Waals surface area (Å²) in [5.41, 5.74) is 1.09. The molecule has 0 radical (unpaired) electrons. The first kappa shape index (κ1) is 18.6. The minimum Gasteiger partial charge on any atom is -0.478 e. The number of anilines is 1. The van der Waals surface area contributed by atoms with Gasteiger partial charge in [-0.2, -0.15) is 5.10 Å². The van der Waals surface area contributed by atoms with Gasteiger partial charge in [0, 0.05) is 10.9 Å². The number of hydrogen-bond acceptors (Lipinski definition) is 6. The van der Waals surface area contributed by atoms with Crippen LogP contribution in [0.25, 0.3) is 32.5 Å². The quantitative estimate of drug-likeness (QED) is 0.455. The van der Waals surface area contributed by atoms with E-state index < -0.39 is 35.3 Å². The zero-order valence-corrected chi connectivity index (χ0v) is 16.2. The summed E-state index contributed by atoms with van der Waals surface area (Å²) in [5, 5.41) is 19.1. The molecule has 11 heteroatoms. The molecule has 5 rings (SSSR count). The van der Waals surface area contributed by atoms with E-state index in [-0.39, 0.29) is 17.5 Å². The molecule has 30 heavy (non-hydrogen) atoms. The van der Waals surface area contributed by atoms with Gasteiger partial charge in [0.15, 0.2) is 5.13 Å². The monoisotopic (exact) mass is 429 g/mol. The summed E-state index contributed by atoms with van der Waals surface area (Å²) in [6.07, 6.45) is 0.543. The molecule has 1 saturated carbocycles. The number of aromatic nitrogens is 4. The van der Waals surface area contributed by atoms with Crippen molar-refractivity contribution in [2.45, 2.75) is 19.5 Å². The van der Waals surface area contributed by atoms with Crippen molar-refractivity contribution in [3.8, 4) is 11.3 Å². The van der Waals surface area contributed by atoms with Crippen LogP contribution in [0.4, 0.5) is 13.9 Å². The van der Waals surface area contributed by atoms with Gasteiger partial charge in [-0.15, -0.1) is 0 Å². The predicted octanol–water partition coefficient (Wildman–Crippen LogP) is 3.68. The smallest absolute Gasteiger partial charge is 0.340 e. The maximum atomic E-state index is 14.8. The van der Waals surface area contributed by atoms with Crippen LogP contribution in [0.5, 0.6) is 0 Å². The zero-order valence-electron chi connectivity index (χ0n) is 15.4. The van der Waals surface area contributed by atoms with Crippen LogP contribution in [0.1, 0.15) is 22.3 Å². The summed E-state index contributed by atoms with van der Waals surface area (Å²) in [4.78, 5) is 32.7. The van der Waals surface area contributed by atoms with Crippen molar-refractivity contribution in [1.29, 1.82) is 0 Å². The third-order valence-corrected chi connectivity index (χ3v) is 5.97. The number of nitrogens with zero attached hydrogens (tertiary/aromatic N) is 3. The van der Waals surface area contributed by atoms with Crippen molar-refractivity contribution in [3.05, 3.63) is 35.3 Å². The van der Waals surface area contributed by atoms with Crippen LogP contribution >= 0.6 is 11.3 Å². The average Bonchev–Trinajstić information content (AvgIpc) is 3.08. The molecule has 0 bridgehead atoms. The Kier molecular flexibility index (Phi) is 4.03. The van der Waals surface area contributed by atoms with E-state index in [2.05, 4.69) is 25.5 Å². The van der Waals surface area contributed by atoms with Gasteiger partial charge in [0.05, 0.1) is 23.3 Å². The Balaban J connectivity index is 1.60. The third kappa shape index (κ3) is 2.81. The van der Waals surface area contributed by atoms with Gasteiger partial charge in [0.2, 0.25) is 5.91 Å². The summed E-state index contributed by atoms with van der Waals surface area (Å²) in [6, 6.07) is 3.31. The minimum atomic E-state index is -1.39. The second-order valence-corrected chi connectivity index (χ2v) is 8.02. The second-order valence-electron chi connectivity index (χ2n) is 7.04. The largest absolute Gasteiger partial charge is 0.478 e. The van der Waals surface area contributed by atoms with Crippen LogP contribution in [0.15, 0.2) is 18.3 Å². The number of aromatic carboxylic acids is 1. The predicted molar refractivity (Wildman–Crippen MR) is 106 cm³/mol. The van der Waals surface area contributed by atoms with E-state index in [4.69, 9.17) is 0 Å². The molecule has 1 aliphatic rings. The second kappa shape index (κ2) is 6.52. The van der Waals surface area contributed by atoms with Crippen molar-refractivity contribution in [1.82, 2.24) is 20.2 Å². The molecule has 0 aliphatic heterocycles. The van der Waals surface area contributed by atoms with E-state index >= 15 is 0 Å². The molecule has 0 saturated heterocycles. The highest BCUT2D eigenvalue weighted by Gasteiger charge is 2.43. The van der Waals surface area contributed by atoms with Gasteiger partial charge in [-0.25, -0.2) is 23.5 Å². The lowest BCUT2D eigenvalue weighted by molar-refractivity contribution is -0.117. The van der Waals surface area contributed by atoms with Gasteiger partial charge < -0.3 is 10.4 Å². The Morgan fingerprint density at radius 3 is 2.80 bits per heavy atom. The first-order valence-electron chi connectivity index (χ1n) is 8.96. The van der Waals surface area contributed by atoms with E-state index in [0.29, 0.717) is 32.1 Å². The fourth-order valence-corrected chi connectivity index (χ4v) is 4.29. The van der Waals surface area contributed by atoms with E-state index in [9.17, 15) is 23.5 Å². The minimum absolute atomic E-state index is 0.0740. The van der Waals surface area contributed by atoms with Crippen molar-refractivity contribution in [3.63, 3.8) is 0 Å². The third-order valence-electron chi connectivity index (χ3n) is 5.09. The number of carbonyl (C=O) groups excluding carboxylic acids is 1. The number of alkyl halides is 1. The zero-order chi connectivity index (χ0) is 21.2. The number of aromatic amines is 1. The number of carbonyl (C=O) groups is 2. The number of thiazole rings is 1. The molecule has 1 fully saturated rings. The molecule has 3 heterocycles. The Labute approximate surface area is 171 Å². The molecular formula is C19H13F2N5O3S. The Hall–Kier alpha value is -3.47. The Morgan fingerprint density at radius 2 is 2.10 bits per heavy atom. The lowest BCUT2D eigenvalue weighted by Gasteiger charge is -2.11. The van der Waals surface area contributed by atoms with Crippen molar-refractivity contribution in [2.24, 2.45) is 5.92 Å². The molecule has 0 unspecified atom stereocenters. The molecule has 152 valence electrons. The number of pyridine rings is 1. The summed E-state index contributed by atoms with van der Waals surface area (Å²) in [7, 11) is 0. The van der Waals surface area contributed by atoms with Crippen LogP contribution in [-0.4, -0.2) is 43.3 Å². The molecular weight excluding hydrogens is 416 g/mol. The number of carboxylic acid groups (broad SMARTS) is 1. The molecule has 1 amide bonds. The highest BCUT2D eigenvalue weighted by molar-refractivity contribution is 7.22. The van der Waals surface area contributed by atoms with Crippen molar-refractivity contribution < 1.29 is 23.5 Å². The fourth-order valence-electron chi connectivity index (χ4n) is 3.45. The SMILES string of the molecule is Cc1c(F)c(C(=O)O)c2[nH]ncc2c1-c1ccc2nc(NC(=O)[C@@H]3C[C@@H]3F)sc2n1. The molecule has 0 spiro atoms. The first-order valence-corrected chi connectivity index (χ1v) is 9.78. The van der Waals surface area contributed by atoms with Gasteiger partial charge in [0.1, 0.15) is 27.9 Å². The molecule has 3 N–H and O–H groups in total. The fraction of sp³-hybridized carbons (Fsp3) is 0.211. The highest BCUT2D eigenvalue weighted by atomic mass is 32.1. The van der Waals surface area contributed by atoms with Gasteiger partial charge in [-0.3, -0.25) is 9.89 Å². The summed E-state index contributed by atoms with van der Waals surface area (Å²) in [5.74, 6) is -3.30. The number of rotatable bonds is 4. The first-order chi connectivity index (χ1) is 14.3. The summed E-state index contributed by atoms with van der Waals surface area (Å²) >= 11 is 1.12. The maximum Gasteiger partial charge on any atom is 0.340 e. The average molecular weight is 429 g/mol. The maximum absolute atomic E-state index is 14.8. The number of nitrogens with one attached hydrogen (secondary N) is 2. The molecule has 8 nitrogen and oxygen atoms in total. The lowest BCUT2D eigenvalue weighted by atomic mass is 9.96. The summed E-state index contributed by atoms with van der Waals surface area (Å²) in [6.45, 7) is 1.48. The number of H-pyrrole nitrogens is 1. The van der Waals surface area contributed by atoms with Gasteiger partial charge in [0.25, 0.3) is 0 Å². The summed E-state index contributed by atoms with van der Waals surface area (Å²) < 4.78 is 27.9. The Bertz CT molecular complexity index is 1370. The number of hydrogen-bond donors (Lipinski definition) is 3. The van der Waals surface area contributed by atoms with Crippen LogP contribution in [-0.2, 0) is 4.79 Å². The number of fused-ring (bicyclic) bond motifs is 2. The number of halogens is 2. The van der Waals surface area contributed by atoms with E-state index in [1.54, 1.807) is 12.1 Å². The van der Waals surface area contributed by atoms with Crippen LogP contribution in [0.3, 0.4) is 0 Å². The van der Waals surface area contributed by atoms with Gasteiger partial charge in [-0.05, 0) is 31.0 Å². The molecule has 4 aromatic rings. The lowest BCUT2D eigenvalue weighted by Crippen LogP contribution is -2.14. The topological polar surface area (TPSA) is 121 Å². The Morgan fingerprint density at radius 1 is 1.33 bits per heavy atom. The molecule has 1 aliphatic carbocycles. The van der Waals surface area contributed by atoms with Crippen LogP contribution in [0.2, 0.25) is 0 Å². The molecule has 3 aromatic heterocycles. The van der Waals surface area contributed by atoms with E-state index in [1.807, 2.05) is 0 Å². The molecule has 2 atom stereocenters. The van der Waals surface area contributed by atoms with E-state index in [0.717, 1.165) is 11.3 Å². The van der Waals surface area contributed by atoms with Crippen LogP contribution in [0, 0.1) is 18.7 Å². The standard InChI is InChI=1S/C19H13F2N5O3S/c1-6-12(8-5-22-26-15(8)13(14(6)21)18(28)29)10-2-3-11-17(23-10)30-19(24-11)25-16(27)7-4-9(7)20/h2-3,5,7,9H,4H2,1H3,(H,22,26)(H,28,29)(H,24,25,27)/t7-,9+/m1/s1. The van der Waals surface area contributed by atoms with Crippen molar-refractivity contribution >= 4 is 49.6 Å². The van der Waals surface area contributed by atoms with E-state index in [1.165, 1.54) is 13.1 Å². The van der Waals surface area contributed by atoms with Gasteiger partial charge in [-0.1, -0.05) is 11.3 Å². The number of benzene rings is 1.